The number of methoxy groups -OCH3 is 2. The Morgan fingerprint density at radius 3 is 2.45 bits per heavy atom. The van der Waals surface area contributed by atoms with E-state index >= 15 is 0 Å². The van der Waals surface area contributed by atoms with Gasteiger partial charge in [-0.2, -0.15) is 0 Å². The Morgan fingerprint density at radius 1 is 1.09 bits per heavy atom. The molecule has 0 amide bonds. The van der Waals surface area contributed by atoms with Gasteiger partial charge >= 0.3 is 5.97 Å². The molecular formula is C16H16O5S. The lowest BCUT2D eigenvalue weighted by Gasteiger charge is -2.09. The molecule has 1 aromatic heterocycles. The predicted molar refractivity (Wildman–Crippen MR) is 83.2 cm³/mol. The van der Waals surface area contributed by atoms with Gasteiger partial charge in [0.2, 0.25) is 5.78 Å². The number of Topliss-reactive ketones (excluding diaryl/α,β-unsaturated/α-hetero) is 1. The molecule has 0 aliphatic carbocycles. The monoisotopic (exact) mass is 320 g/mol. The second-order valence-corrected chi connectivity index (χ2v) is 5.76. The zero-order chi connectivity index (χ0) is 16.1. The highest BCUT2D eigenvalue weighted by molar-refractivity contribution is 7.13. The molecule has 0 unspecified atom stereocenters. The highest BCUT2D eigenvalue weighted by Gasteiger charge is 2.17. The lowest BCUT2D eigenvalue weighted by Crippen LogP contribution is -2.14. The second-order valence-electron chi connectivity index (χ2n) is 4.48. The van der Waals surface area contributed by atoms with Crippen LogP contribution in [0.5, 0.6) is 11.5 Å². The molecule has 0 N–H and O–H groups in total. The van der Waals surface area contributed by atoms with E-state index in [1.165, 1.54) is 25.6 Å². The van der Waals surface area contributed by atoms with Gasteiger partial charge in [0.15, 0.2) is 6.61 Å². The number of aryl methyl sites for hydroxylation is 1. The first-order chi connectivity index (χ1) is 10.5. The molecule has 0 saturated carbocycles. The molecule has 0 saturated heterocycles. The van der Waals surface area contributed by atoms with Crippen LogP contribution in [0.3, 0.4) is 0 Å². The SMILES string of the molecule is COc1ccc(OC)c(C(=O)COC(=O)c2ccc(C)s2)c1. The highest BCUT2D eigenvalue weighted by atomic mass is 32.1. The number of carbonyl (C=O) groups excluding carboxylic acids is 2. The lowest BCUT2D eigenvalue weighted by atomic mass is 10.1. The molecule has 0 atom stereocenters. The van der Waals surface area contributed by atoms with Crippen molar-refractivity contribution in [3.63, 3.8) is 0 Å². The van der Waals surface area contributed by atoms with Crippen LogP contribution in [0.4, 0.5) is 0 Å². The van der Waals surface area contributed by atoms with Crippen LogP contribution in [0.1, 0.15) is 24.9 Å². The van der Waals surface area contributed by atoms with Gasteiger partial charge in [-0.15, -0.1) is 11.3 Å². The smallest absolute Gasteiger partial charge is 0.348 e. The molecule has 0 radical (unpaired) electrons. The summed E-state index contributed by atoms with van der Waals surface area (Å²) in [6.45, 7) is 1.55. The minimum absolute atomic E-state index is 0.317. The third kappa shape index (κ3) is 3.65. The van der Waals surface area contributed by atoms with Gasteiger partial charge < -0.3 is 14.2 Å². The maximum absolute atomic E-state index is 12.2. The molecule has 116 valence electrons. The number of ketones is 1. The highest BCUT2D eigenvalue weighted by Crippen LogP contribution is 2.24. The van der Waals surface area contributed by atoms with Crippen molar-refractivity contribution in [2.45, 2.75) is 6.92 Å². The van der Waals surface area contributed by atoms with E-state index in [4.69, 9.17) is 14.2 Å². The van der Waals surface area contributed by atoms with Crippen molar-refractivity contribution in [3.05, 3.63) is 45.6 Å². The van der Waals surface area contributed by atoms with E-state index in [0.29, 0.717) is 21.9 Å². The van der Waals surface area contributed by atoms with Crippen LogP contribution in [0.2, 0.25) is 0 Å². The van der Waals surface area contributed by atoms with Crippen LogP contribution in [0.25, 0.3) is 0 Å². The van der Waals surface area contributed by atoms with Gasteiger partial charge in [-0.05, 0) is 37.3 Å². The van der Waals surface area contributed by atoms with Gasteiger partial charge in [0, 0.05) is 4.88 Å². The fraction of sp³-hybridized carbons (Fsp3) is 0.250. The number of hydrogen-bond acceptors (Lipinski definition) is 6. The van der Waals surface area contributed by atoms with Crippen molar-refractivity contribution in [1.29, 1.82) is 0 Å². The van der Waals surface area contributed by atoms with E-state index in [2.05, 4.69) is 0 Å². The average molecular weight is 320 g/mol. The van der Waals surface area contributed by atoms with E-state index in [-0.39, 0.29) is 12.4 Å². The van der Waals surface area contributed by atoms with Crippen molar-refractivity contribution >= 4 is 23.1 Å². The van der Waals surface area contributed by atoms with Gasteiger partial charge in [0.05, 0.1) is 19.8 Å². The summed E-state index contributed by atoms with van der Waals surface area (Å²) in [6, 6.07) is 8.39. The average Bonchev–Trinajstić information content (AvgIpc) is 2.98. The van der Waals surface area contributed by atoms with Crippen molar-refractivity contribution in [2.75, 3.05) is 20.8 Å². The predicted octanol–water partition coefficient (Wildman–Crippen LogP) is 3.11. The maximum Gasteiger partial charge on any atom is 0.348 e. The number of carbonyl (C=O) groups is 2. The zero-order valence-electron chi connectivity index (χ0n) is 12.5. The Bertz CT molecular complexity index is 690. The van der Waals surface area contributed by atoms with Gasteiger partial charge in [0.25, 0.3) is 0 Å². The first kappa shape index (κ1) is 16.0. The summed E-state index contributed by atoms with van der Waals surface area (Å²) in [5, 5.41) is 0. The minimum atomic E-state index is -0.506. The summed E-state index contributed by atoms with van der Waals surface area (Å²) in [7, 11) is 2.98. The third-order valence-electron chi connectivity index (χ3n) is 2.98. The van der Waals surface area contributed by atoms with E-state index in [0.717, 1.165) is 4.88 Å². The number of benzene rings is 1. The molecule has 22 heavy (non-hydrogen) atoms. The number of hydrogen-bond donors (Lipinski definition) is 0. The Kier molecular flexibility index (Phi) is 5.16. The molecule has 0 fully saturated rings. The second kappa shape index (κ2) is 7.09. The molecule has 2 rings (SSSR count). The Balaban J connectivity index is 2.07. The van der Waals surface area contributed by atoms with Gasteiger partial charge in [-0.3, -0.25) is 4.79 Å². The number of ether oxygens (including phenoxy) is 3. The maximum atomic E-state index is 12.2. The van der Waals surface area contributed by atoms with Crippen molar-refractivity contribution in [2.24, 2.45) is 0 Å². The first-order valence-corrected chi connectivity index (χ1v) is 7.35. The molecule has 1 heterocycles. The molecule has 0 spiro atoms. The number of esters is 1. The van der Waals surface area contributed by atoms with Gasteiger partial charge in [-0.25, -0.2) is 4.79 Å². The van der Waals surface area contributed by atoms with Crippen molar-refractivity contribution < 1.29 is 23.8 Å². The first-order valence-electron chi connectivity index (χ1n) is 6.54. The number of thiophene rings is 1. The molecule has 0 bridgehead atoms. The largest absolute Gasteiger partial charge is 0.497 e. The fourth-order valence-corrected chi connectivity index (χ4v) is 2.62. The van der Waals surface area contributed by atoms with E-state index < -0.39 is 5.97 Å². The van der Waals surface area contributed by atoms with Crippen LogP contribution in [0, 0.1) is 6.92 Å². The zero-order valence-corrected chi connectivity index (χ0v) is 13.4. The van der Waals surface area contributed by atoms with E-state index in [1.54, 1.807) is 24.3 Å². The lowest BCUT2D eigenvalue weighted by molar-refractivity contribution is 0.0478. The number of rotatable bonds is 6. The molecule has 0 aliphatic rings. The van der Waals surface area contributed by atoms with Crippen LogP contribution in [0.15, 0.2) is 30.3 Å². The summed E-state index contributed by atoms with van der Waals surface area (Å²) >= 11 is 1.33. The van der Waals surface area contributed by atoms with E-state index in [1.807, 2.05) is 13.0 Å². The third-order valence-corrected chi connectivity index (χ3v) is 3.96. The van der Waals surface area contributed by atoms with Crippen LogP contribution >= 0.6 is 11.3 Å². The standard InChI is InChI=1S/C16H16O5S/c1-10-4-7-15(22-10)16(18)21-9-13(17)12-8-11(19-2)5-6-14(12)20-3/h4-8H,9H2,1-3H3. The molecular weight excluding hydrogens is 304 g/mol. The summed E-state index contributed by atoms with van der Waals surface area (Å²) in [6.07, 6.45) is 0. The summed E-state index contributed by atoms with van der Waals surface area (Å²) in [5.74, 6) is 0.0869. The molecule has 0 aliphatic heterocycles. The summed E-state index contributed by atoms with van der Waals surface area (Å²) < 4.78 is 15.3. The van der Waals surface area contributed by atoms with Gasteiger partial charge in [-0.1, -0.05) is 0 Å². The summed E-state index contributed by atoms with van der Waals surface area (Å²) in [5.41, 5.74) is 0.317. The molecule has 5 nitrogen and oxygen atoms in total. The molecule has 2 aromatic rings. The van der Waals surface area contributed by atoms with Crippen molar-refractivity contribution in [3.8, 4) is 11.5 Å². The normalized spacial score (nSPS) is 10.1. The quantitative estimate of drug-likeness (QED) is 0.604. The topological polar surface area (TPSA) is 61.8 Å². The van der Waals surface area contributed by atoms with Gasteiger partial charge in [0.1, 0.15) is 16.4 Å². The molecule has 1 aromatic carbocycles. The van der Waals surface area contributed by atoms with Crippen LogP contribution < -0.4 is 9.47 Å². The minimum Gasteiger partial charge on any atom is -0.497 e. The fourth-order valence-electron chi connectivity index (χ4n) is 1.86. The molecule has 6 heteroatoms. The van der Waals surface area contributed by atoms with Crippen molar-refractivity contribution in [1.82, 2.24) is 0 Å². The van der Waals surface area contributed by atoms with Crippen LogP contribution in [-0.2, 0) is 4.74 Å². The Labute approximate surface area is 132 Å². The Hall–Kier alpha value is -2.34. The van der Waals surface area contributed by atoms with E-state index in [9.17, 15) is 9.59 Å². The summed E-state index contributed by atoms with van der Waals surface area (Å²) in [4.78, 5) is 25.6. The Morgan fingerprint density at radius 2 is 1.86 bits per heavy atom. The van der Waals surface area contributed by atoms with Crippen LogP contribution in [-0.4, -0.2) is 32.6 Å².